The molecule has 2 rings (SSSR count). The van der Waals surface area contributed by atoms with Crippen molar-refractivity contribution < 1.29 is 9.50 Å². The highest BCUT2D eigenvalue weighted by molar-refractivity contribution is 5.89. The average Bonchev–Trinajstić information content (AvgIpc) is 2.39. The minimum Gasteiger partial charge on any atom is -0.508 e. The molecule has 1 N–H and O–H groups in total. The lowest BCUT2D eigenvalue weighted by atomic mass is 10.0. The molecule has 18 heavy (non-hydrogen) atoms. The van der Waals surface area contributed by atoms with Crippen LogP contribution in [-0.4, -0.2) is 5.11 Å². The third-order valence-electron chi connectivity index (χ3n) is 2.48. The number of phenols is 1. The molecule has 0 amide bonds. The largest absolute Gasteiger partial charge is 0.508 e. The van der Waals surface area contributed by atoms with Crippen molar-refractivity contribution in [3.8, 4) is 11.8 Å². The van der Waals surface area contributed by atoms with Gasteiger partial charge in [-0.15, -0.1) is 0 Å². The molecule has 0 fully saturated rings. The molecule has 0 radical (unpaired) electrons. The number of phenolic OH excluding ortho intramolecular Hbond substituents is 1. The van der Waals surface area contributed by atoms with Gasteiger partial charge < -0.3 is 5.11 Å². The minimum absolute atomic E-state index is 0.151. The molecule has 0 spiro atoms. The molecule has 0 bridgehead atoms. The number of allylic oxidation sites excluding steroid dienone is 1. The predicted molar refractivity (Wildman–Crippen MR) is 68.0 cm³/mol. The first-order valence-corrected chi connectivity index (χ1v) is 5.36. The van der Waals surface area contributed by atoms with Crippen LogP contribution in [0.15, 0.2) is 48.5 Å². The van der Waals surface area contributed by atoms with Crippen molar-refractivity contribution in [1.29, 1.82) is 5.26 Å². The van der Waals surface area contributed by atoms with E-state index in [0.717, 1.165) is 5.56 Å². The van der Waals surface area contributed by atoms with Crippen molar-refractivity contribution in [2.24, 2.45) is 0 Å². The number of aromatic hydroxyl groups is 1. The van der Waals surface area contributed by atoms with E-state index in [1.54, 1.807) is 30.3 Å². The van der Waals surface area contributed by atoms with Gasteiger partial charge in [0.15, 0.2) is 0 Å². The van der Waals surface area contributed by atoms with Gasteiger partial charge in [-0.2, -0.15) is 5.26 Å². The molecule has 0 aromatic heterocycles. The highest BCUT2D eigenvalue weighted by atomic mass is 19.1. The summed E-state index contributed by atoms with van der Waals surface area (Å²) in [6.45, 7) is 0. The summed E-state index contributed by atoms with van der Waals surface area (Å²) < 4.78 is 12.8. The van der Waals surface area contributed by atoms with Gasteiger partial charge in [-0.1, -0.05) is 12.1 Å². The lowest BCUT2D eigenvalue weighted by Gasteiger charge is -2.00. The second-order valence-electron chi connectivity index (χ2n) is 3.77. The van der Waals surface area contributed by atoms with E-state index in [1.165, 1.54) is 24.3 Å². The first kappa shape index (κ1) is 11.9. The number of rotatable bonds is 2. The zero-order chi connectivity index (χ0) is 13.0. The molecular formula is C15H10FNO. The van der Waals surface area contributed by atoms with Crippen molar-refractivity contribution in [1.82, 2.24) is 0 Å². The van der Waals surface area contributed by atoms with E-state index in [9.17, 15) is 9.50 Å². The van der Waals surface area contributed by atoms with Gasteiger partial charge in [0.2, 0.25) is 0 Å². The average molecular weight is 239 g/mol. The van der Waals surface area contributed by atoms with Crippen LogP contribution in [0.3, 0.4) is 0 Å². The van der Waals surface area contributed by atoms with Crippen molar-refractivity contribution in [3.63, 3.8) is 0 Å². The summed E-state index contributed by atoms with van der Waals surface area (Å²) in [7, 11) is 0. The molecule has 0 saturated carbocycles. The van der Waals surface area contributed by atoms with Crippen LogP contribution in [0, 0.1) is 17.1 Å². The van der Waals surface area contributed by atoms with Crippen LogP contribution < -0.4 is 0 Å². The van der Waals surface area contributed by atoms with Crippen molar-refractivity contribution >= 4 is 11.6 Å². The van der Waals surface area contributed by atoms with Crippen LogP contribution >= 0.6 is 0 Å². The summed E-state index contributed by atoms with van der Waals surface area (Å²) >= 11 is 0. The predicted octanol–water partition coefficient (Wildman–Crippen LogP) is 3.60. The van der Waals surface area contributed by atoms with E-state index >= 15 is 0 Å². The van der Waals surface area contributed by atoms with Crippen LogP contribution in [0.1, 0.15) is 11.1 Å². The van der Waals surface area contributed by atoms with Crippen molar-refractivity contribution in [2.75, 3.05) is 0 Å². The maximum Gasteiger partial charge on any atom is 0.123 e. The zero-order valence-corrected chi connectivity index (χ0v) is 9.47. The number of nitriles is 1. The van der Waals surface area contributed by atoms with Crippen molar-refractivity contribution in [3.05, 3.63) is 65.5 Å². The van der Waals surface area contributed by atoms with Gasteiger partial charge in [0.05, 0.1) is 11.6 Å². The van der Waals surface area contributed by atoms with Gasteiger partial charge in [-0.05, 0) is 53.6 Å². The molecule has 0 heterocycles. The highest BCUT2D eigenvalue weighted by Crippen LogP contribution is 2.20. The fourth-order valence-corrected chi connectivity index (χ4v) is 1.55. The Kier molecular flexibility index (Phi) is 3.40. The molecule has 2 nitrogen and oxygen atoms in total. The van der Waals surface area contributed by atoms with E-state index < -0.39 is 0 Å². The summed E-state index contributed by atoms with van der Waals surface area (Å²) in [5, 5.41) is 18.3. The normalized spacial score (nSPS) is 11.0. The molecule has 3 heteroatoms. The number of benzene rings is 2. The molecule has 88 valence electrons. The zero-order valence-electron chi connectivity index (χ0n) is 9.47. The van der Waals surface area contributed by atoms with E-state index in [0.29, 0.717) is 11.1 Å². The van der Waals surface area contributed by atoms with E-state index in [1.807, 2.05) is 0 Å². The lowest BCUT2D eigenvalue weighted by Crippen LogP contribution is -1.82. The van der Waals surface area contributed by atoms with Gasteiger partial charge in [-0.3, -0.25) is 0 Å². The summed E-state index contributed by atoms with van der Waals surface area (Å²) in [5.41, 5.74) is 1.92. The van der Waals surface area contributed by atoms with Gasteiger partial charge in [-0.25, -0.2) is 4.39 Å². The van der Waals surface area contributed by atoms with Crippen molar-refractivity contribution in [2.45, 2.75) is 0 Å². The number of halogens is 1. The molecular weight excluding hydrogens is 229 g/mol. The van der Waals surface area contributed by atoms with Crippen LogP contribution in [0.5, 0.6) is 5.75 Å². The first-order chi connectivity index (χ1) is 8.69. The Morgan fingerprint density at radius 3 is 2.22 bits per heavy atom. The van der Waals surface area contributed by atoms with Gasteiger partial charge in [0.25, 0.3) is 0 Å². The Bertz CT molecular complexity index is 606. The Morgan fingerprint density at radius 2 is 1.67 bits per heavy atom. The van der Waals surface area contributed by atoms with E-state index in [-0.39, 0.29) is 11.6 Å². The molecule has 0 unspecified atom stereocenters. The minimum atomic E-state index is -0.310. The Morgan fingerprint density at radius 1 is 1.06 bits per heavy atom. The molecule has 0 atom stereocenters. The third-order valence-corrected chi connectivity index (χ3v) is 2.48. The second-order valence-corrected chi connectivity index (χ2v) is 3.77. The summed E-state index contributed by atoms with van der Waals surface area (Å²) in [4.78, 5) is 0. The monoisotopic (exact) mass is 239 g/mol. The van der Waals surface area contributed by atoms with Crippen LogP contribution in [0.25, 0.3) is 11.6 Å². The van der Waals surface area contributed by atoms with E-state index in [2.05, 4.69) is 6.07 Å². The van der Waals surface area contributed by atoms with Gasteiger partial charge in [0, 0.05) is 0 Å². The van der Waals surface area contributed by atoms with Gasteiger partial charge >= 0.3 is 0 Å². The van der Waals surface area contributed by atoms with Crippen LogP contribution in [0.4, 0.5) is 4.39 Å². The number of hydrogen-bond acceptors (Lipinski definition) is 2. The molecule has 0 saturated heterocycles. The SMILES string of the molecule is N#CC(=Cc1ccc(F)cc1)c1ccc(O)cc1. The summed E-state index contributed by atoms with van der Waals surface area (Å²) in [5.74, 6) is -0.159. The maximum absolute atomic E-state index is 12.8. The molecule has 0 aliphatic carbocycles. The number of nitrogens with zero attached hydrogens (tertiary/aromatic N) is 1. The van der Waals surface area contributed by atoms with Crippen LogP contribution in [0.2, 0.25) is 0 Å². The molecule has 0 aliphatic rings. The lowest BCUT2D eigenvalue weighted by molar-refractivity contribution is 0.475. The summed E-state index contributed by atoms with van der Waals surface area (Å²) in [6.07, 6.45) is 1.67. The smallest absolute Gasteiger partial charge is 0.123 e. The standard InChI is InChI=1S/C15H10FNO/c16-14-5-1-11(2-6-14)9-13(10-17)12-3-7-15(18)8-4-12/h1-9,18H. The third kappa shape index (κ3) is 2.74. The second kappa shape index (κ2) is 5.15. The molecule has 0 aliphatic heterocycles. The number of hydrogen-bond donors (Lipinski definition) is 1. The fraction of sp³-hybridized carbons (Fsp3) is 0. The Labute approximate surface area is 104 Å². The fourth-order valence-electron chi connectivity index (χ4n) is 1.55. The Balaban J connectivity index is 2.37. The Hall–Kier alpha value is -2.60. The first-order valence-electron chi connectivity index (χ1n) is 5.36. The van der Waals surface area contributed by atoms with Gasteiger partial charge in [0.1, 0.15) is 11.6 Å². The van der Waals surface area contributed by atoms with Crippen LogP contribution in [-0.2, 0) is 0 Å². The summed E-state index contributed by atoms with van der Waals surface area (Å²) in [6, 6.07) is 14.3. The highest BCUT2D eigenvalue weighted by Gasteiger charge is 2.01. The molecule has 2 aromatic carbocycles. The quantitative estimate of drug-likeness (QED) is 0.642. The topological polar surface area (TPSA) is 44.0 Å². The molecule has 2 aromatic rings. The van der Waals surface area contributed by atoms with E-state index in [4.69, 9.17) is 5.26 Å². The maximum atomic E-state index is 12.8.